The van der Waals surface area contributed by atoms with Crippen LogP contribution < -0.4 is 4.72 Å². The average Bonchev–Trinajstić information content (AvgIpc) is 3.08. The van der Waals surface area contributed by atoms with Gasteiger partial charge in [0.2, 0.25) is 5.95 Å². The van der Waals surface area contributed by atoms with E-state index in [1.165, 1.54) is 12.5 Å². The summed E-state index contributed by atoms with van der Waals surface area (Å²) in [6, 6.07) is 5.07. The molecule has 9 nitrogen and oxygen atoms in total. The largest absolute Gasteiger partial charge is 0.755 e. The van der Waals surface area contributed by atoms with Gasteiger partial charge in [-0.15, -0.1) is 0 Å². The van der Waals surface area contributed by atoms with E-state index in [4.69, 9.17) is 11.6 Å². The van der Waals surface area contributed by atoms with Gasteiger partial charge in [0.15, 0.2) is 5.65 Å². The second-order valence-corrected chi connectivity index (χ2v) is 6.16. The van der Waals surface area contributed by atoms with Crippen molar-refractivity contribution in [2.75, 3.05) is 4.72 Å². The lowest BCUT2D eigenvalue weighted by atomic mass is 10.2. The first-order valence-corrected chi connectivity index (χ1v) is 8.69. The number of fused-ring (bicyclic) bond motifs is 1. The quantitative estimate of drug-likeness (QED) is 0.421. The first-order chi connectivity index (χ1) is 12.6. The third kappa shape index (κ3) is 3.12. The van der Waals surface area contributed by atoms with E-state index in [9.17, 15) is 8.76 Å². The Bertz CT molecular complexity index is 1100. The summed E-state index contributed by atoms with van der Waals surface area (Å²) in [5, 5.41) is 1.07. The molecule has 0 aliphatic carbocycles. The highest BCUT2D eigenvalue weighted by atomic mass is 35.5. The number of nitrogens with one attached hydrogen (secondary N) is 1. The SMILES string of the molecule is O=S([O-])Nc1ccc(-c2cnc(-n3ccc4c(Cl)ncnc43)nc2)nc1. The van der Waals surface area contributed by atoms with Crippen LogP contribution in [-0.2, 0) is 11.3 Å². The molecular weight excluding hydrogens is 378 g/mol. The molecule has 0 aliphatic heterocycles. The van der Waals surface area contributed by atoms with Crippen molar-refractivity contribution in [3.05, 3.63) is 54.5 Å². The summed E-state index contributed by atoms with van der Waals surface area (Å²) in [6.07, 6.45) is 7.81. The van der Waals surface area contributed by atoms with Crippen LogP contribution in [0, 0.1) is 0 Å². The van der Waals surface area contributed by atoms with Gasteiger partial charge in [-0.25, -0.2) is 19.9 Å². The molecule has 0 amide bonds. The number of rotatable bonds is 4. The molecule has 26 heavy (non-hydrogen) atoms. The van der Waals surface area contributed by atoms with Crippen LogP contribution in [0.4, 0.5) is 5.69 Å². The Labute approximate surface area is 154 Å². The van der Waals surface area contributed by atoms with Crippen molar-refractivity contribution in [3.8, 4) is 17.2 Å². The molecule has 0 spiro atoms. The van der Waals surface area contributed by atoms with Crippen LogP contribution in [0.1, 0.15) is 0 Å². The fraction of sp³-hybridized carbons (Fsp3) is 0. The van der Waals surface area contributed by atoms with Crippen LogP contribution in [0.3, 0.4) is 0 Å². The van der Waals surface area contributed by atoms with Crippen LogP contribution in [0.5, 0.6) is 0 Å². The van der Waals surface area contributed by atoms with Crippen LogP contribution in [0.15, 0.2) is 49.3 Å². The smallest absolute Gasteiger partial charge is 0.235 e. The molecule has 0 bridgehead atoms. The van der Waals surface area contributed by atoms with Crippen molar-refractivity contribution in [2.24, 2.45) is 0 Å². The molecule has 0 saturated carbocycles. The zero-order valence-corrected chi connectivity index (χ0v) is 14.5. The van der Waals surface area contributed by atoms with Gasteiger partial charge in [-0.3, -0.25) is 13.8 Å². The molecular formula is C15H9ClN7O2S-. The van der Waals surface area contributed by atoms with E-state index in [1.807, 2.05) is 0 Å². The van der Waals surface area contributed by atoms with E-state index in [-0.39, 0.29) is 0 Å². The van der Waals surface area contributed by atoms with Gasteiger partial charge in [0.25, 0.3) is 0 Å². The molecule has 0 saturated heterocycles. The number of halogens is 1. The maximum absolute atomic E-state index is 10.6. The van der Waals surface area contributed by atoms with Crippen molar-refractivity contribution < 1.29 is 8.76 Å². The molecule has 0 radical (unpaired) electrons. The minimum atomic E-state index is -2.39. The maximum atomic E-state index is 10.6. The monoisotopic (exact) mass is 386 g/mol. The molecule has 0 aromatic carbocycles. The number of aromatic nitrogens is 6. The van der Waals surface area contributed by atoms with Crippen LogP contribution in [0.2, 0.25) is 5.15 Å². The van der Waals surface area contributed by atoms with E-state index in [1.54, 1.807) is 41.4 Å². The van der Waals surface area contributed by atoms with Crippen LogP contribution >= 0.6 is 11.6 Å². The summed E-state index contributed by atoms with van der Waals surface area (Å²) in [5.74, 6) is 0.429. The molecule has 1 unspecified atom stereocenters. The topological polar surface area (TPSA) is 122 Å². The number of pyridine rings is 1. The predicted molar refractivity (Wildman–Crippen MR) is 95.2 cm³/mol. The second kappa shape index (κ2) is 6.75. The summed E-state index contributed by atoms with van der Waals surface area (Å²) in [7, 11) is 0. The van der Waals surface area contributed by atoms with Crippen molar-refractivity contribution in [2.45, 2.75) is 0 Å². The molecule has 1 N–H and O–H groups in total. The second-order valence-electron chi connectivity index (χ2n) is 5.13. The van der Waals surface area contributed by atoms with Gasteiger partial charge in [-0.2, -0.15) is 0 Å². The van der Waals surface area contributed by atoms with Crippen LogP contribution in [0.25, 0.3) is 28.2 Å². The fourth-order valence-corrected chi connectivity index (χ4v) is 2.89. The molecule has 4 rings (SSSR count). The zero-order valence-electron chi connectivity index (χ0n) is 12.9. The maximum Gasteiger partial charge on any atom is 0.235 e. The van der Waals surface area contributed by atoms with Crippen LogP contribution in [-0.4, -0.2) is 38.2 Å². The van der Waals surface area contributed by atoms with E-state index >= 15 is 0 Å². The van der Waals surface area contributed by atoms with E-state index < -0.39 is 11.3 Å². The molecule has 0 fully saturated rings. The number of hydrogen-bond donors (Lipinski definition) is 1. The molecule has 4 heterocycles. The lowest BCUT2D eigenvalue weighted by Gasteiger charge is -2.08. The van der Waals surface area contributed by atoms with Gasteiger partial charge in [-0.1, -0.05) is 11.6 Å². The van der Waals surface area contributed by atoms with Crippen molar-refractivity contribution in [1.29, 1.82) is 0 Å². The molecule has 1 atom stereocenters. The molecule has 4 aromatic heterocycles. The van der Waals surface area contributed by atoms with Gasteiger partial charge < -0.3 is 9.27 Å². The minimum Gasteiger partial charge on any atom is -0.755 e. The Kier molecular flexibility index (Phi) is 4.29. The van der Waals surface area contributed by atoms with Gasteiger partial charge in [0.1, 0.15) is 11.5 Å². The molecule has 130 valence electrons. The van der Waals surface area contributed by atoms with E-state index in [0.29, 0.717) is 39.1 Å². The molecule has 4 aromatic rings. The first-order valence-electron chi connectivity index (χ1n) is 7.24. The fourth-order valence-electron chi connectivity index (χ4n) is 2.38. The lowest BCUT2D eigenvalue weighted by molar-refractivity contribution is 0.542. The standard InChI is InChI=1S/C15H10ClN7O2S/c16-13-11-3-4-23(14(11)21-8-20-13)15-18-5-9(6-19-15)12-2-1-10(7-17-12)22-26(24)25/h1-8,22H,(H,24,25)/p-1. The summed E-state index contributed by atoms with van der Waals surface area (Å²) in [4.78, 5) is 21.0. The summed E-state index contributed by atoms with van der Waals surface area (Å²) in [6.45, 7) is 0. The lowest BCUT2D eigenvalue weighted by Crippen LogP contribution is -2.03. The van der Waals surface area contributed by atoms with Crippen molar-refractivity contribution in [3.63, 3.8) is 0 Å². The Morgan fingerprint density at radius 3 is 2.54 bits per heavy atom. The van der Waals surface area contributed by atoms with Gasteiger partial charge in [0.05, 0.1) is 23.0 Å². The predicted octanol–water partition coefficient (Wildman–Crippen LogP) is 2.13. The summed E-state index contributed by atoms with van der Waals surface area (Å²) in [5.41, 5.74) is 2.28. The Balaban J connectivity index is 1.64. The highest BCUT2D eigenvalue weighted by molar-refractivity contribution is 7.80. The van der Waals surface area contributed by atoms with E-state index in [0.717, 1.165) is 0 Å². The van der Waals surface area contributed by atoms with Gasteiger partial charge >= 0.3 is 0 Å². The number of hydrogen-bond acceptors (Lipinski definition) is 7. The molecule has 0 aliphatic rings. The normalized spacial score (nSPS) is 12.2. The number of anilines is 1. The van der Waals surface area contributed by atoms with Crippen molar-refractivity contribution >= 4 is 39.6 Å². The third-order valence-corrected chi connectivity index (χ3v) is 4.25. The Morgan fingerprint density at radius 1 is 1.04 bits per heavy atom. The summed E-state index contributed by atoms with van der Waals surface area (Å²) >= 11 is 3.66. The van der Waals surface area contributed by atoms with Gasteiger partial charge in [0, 0.05) is 35.4 Å². The van der Waals surface area contributed by atoms with Crippen molar-refractivity contribution in [1.82, 2.24) is 29.5 Å². The average molecular weight is 387 g/mol. The Morgan fingerprint density at radius 2 is 1.85 bits per heavy atom. The number of nitrogens with zero attached hydrogens (tertiary/aromatic N) is 6. The highest BCUT2D eigenvalue weighted by Crippen LogP contribution is 2.23. The zero-order chi connectivity index (χ0) is 18.1. The highest BCUT2D eigenvalue weighted by Gasteiger charge is 2.10. The summed E-state index contributed by atoms with van der Waals surface area (Å²) < 4.78 is 25.2. The minimum absolute atomic E-state index is 0.363. The first kappa shape index (κ1) is 16.5. The molecule has 11 heteroatoms. The van der Waals surface area contributed by atoms with Gasteiger partial charge in [-0.05, 0) is 18.2 Å². The third-order valence-electron chi connectivity index (χ3n) is 3.55. The Hall–Kier alpha value is -2.95. The van der Waals surface area contributed by atoms with E-state index in [2.05, 4.69) is 29.6 Å².